The summed E-state index contributed by atoms with van der Waals surface area (Å²) in [6.07, 6.45) is -1.41. The summed E-state index contributed by atoms with van der Waals surface area (Å²) in [6.45, 7) is 0.596. The number of H-pyrrole nitrogens is 1. The molecule has 14 amide bonds. The van der Waals surface area contributed by atoms with Gasteiger partial charge < -0.3 is 131 Å². The van der Waals surface area contributed by atoms with Crippen LogP contribution in [0.4, 0.5) is 5.69 Å². The van der Waals surface area contributed by atoms with E-state index in [1.807, 2.05) is 41.0 Å². The number of unbranched alkanes of at least 4 members (excludes halogenated alkanes) is 6. The number of para-hydroxylation sites is 2. The molecule has 130 heavy (non-hydrogen) atoms. The van der Waals surface area contributed by atoms with Crippen LogP contribution in [0.5, 0.6) is 11.5 Å². The number of ether oxygens (including phenoxy) is 2. The minimum atomic E-state index is -2.37. The van der Waals surface area contributed by atoms with Gasteiger partial charge in [-0.2, -0.15) is 0 Å². The van der Waals surface area contributed by atoms with E-state index in [-0.39, 0.29) is 56.0 Å². The molecule has 6 rings (SSSR count). The van der Waals surface area contributed by atoms with Gasteiger partial charge in [-0.05, 0) is 87.4 Å². The number of carbonyl (C=O) groups is 19. The summed E-state index contributed by atoms with van der Waals surface area (Å²) in [7, 11) is 0. The summed E-state index contributed by atoms with van der Waals surface area (Å²) in [5.74, 6) is -27.1. The molecular weight excluding hydrogens is 1700 g/mol. The van der Waals surface area contributed by atoms with E-state index in [0.29, 0.717) is 40.6 Å². The van der Waals surface area contributed by atoms with Gasteiger partial charge in [-0.15, -0.1) is 0 Å². The van der Waals surface area contributed by atoms with Gasteiger partial charge in [0.2, 0.25) is 82.7 Å². The second-order valence-electron chi connectivity index (χ2n) is 31.1. The van der Waals surface area contributed by atoms with Crippen LogP contribution >= 0.6 is 0 Å². The fraction of sp³-hybridized carbons (Fsp3) is 0.477. The highest BCUT2D eigenvalue weighted by Gasteiger charge is 2.41. The predicted molar refractivity (Wildman–Crippen MR) is 461 cm³/mol. The van der Waals surface area contributed by atoms with Crippen LogP contribution in [0.2, 0.25) is 0 Å². The van der Waals surface area contributed by atoms with Crippen molar-refractivity contribution in [2.24, 2.45) is 11.7 Å². The number of anilines is 1. The molecule has 0 saturated carbocycles. The number of phenolic OH excluding ortho intramolecular Hbond substituents is 1. The summed E-state index contributed by atoms with van der Waals surface area (Å²) in [5.41, 5.74) is 13.8. The van der Waals surface area contributed by atoms with Crippen molar-refractivity contribution in [3.63, 3.8) is 0 Å². The number of primary amides is 1. The Morgan fingerprint density at radius 3 is 1.81 bits per heavy atom. The third kappa shape index (κ3) is 35.2. The summed E-state index contributed by atoms with van der Waals surface area (Å²) in [5, 5.41) is 94.6. The molecule has 706 valence electrons. The fourth-order valence-electron chi connectivity index (χ4n) is 13.6. The van der Waals surface area contributed by atoms with Crippen molar-refractivity contribution in [1.29, 1.82) is 0 Å². The number of nitrogens with two attached hydrogens (primary N) is 2. The van der Waals surface area contributed by atoms with E-state index in [0.717, 1.165) is 58.4 Å². The smallest absolute Gasteiger partial charge is 0.329 e. The molecule has 0 aliphatic carbocycles. The van der Waals surface area contributed by atoms with Crippen molar-refractivity contribution in [2.75, 3.05) is 38.6 Å². The Labute approximate surface area is 746 Å². The molecule has 1 aliphatic rings. The summed E-state index contributed by atoms with van der Waals surface area (Å²) in [6, 6.07) is 3.79. The number of aromatic amines is 1. The molecule has 5 aromatic rings. The molecule has 13 atom stereocenters. The van der Waals surface area contributed by atoms with Gasteiger partial charge in [-0.3, -0.25) is 86.3 Å². The fourth-order valence-corrected chi connectivity index (χ4v) is 13.6. The Morgan fingerprint density at radius 1 is 0.569 bits per heavy atom. The normalized spacial score (nSPS) is 20.1. The molecule has 1 saturated heterocycles. The van der Waals surface area contributed by atoms with Crippen LogP contribution in [0.1, 0.15) is 157 Å². The van der Waals surface area contributed by atoms with Crippen LogP contribution in [0.25, 0.3) is 10.9 Å². The minimum Gasteiger partial charge on any atom is -0.507 e. The number of hydrogen-bond acceptors (Lipinski definition) is 26. The van der Waals surface area contributed by atoms with Crippen molar-refractivity contribution in [1.82, 2.24) is 79.4 Å². The molecule has 0 radical (unpaired) electrons. The molecule has 44 nitrogen and oxygen atoms in total. The van der Waals surface area contributed by atoms with Gasteiger partial charge in [0.05, 0.1) is 45.4 Å². The summed E-state index contributed by atoms with van der Waals surface area (Å²) < 4.78 is 11.6. The lowest BCUT2D eigenvalue weighted by Crippen LogP contribution is -2.61. The molecule has 1 aliphatic heterocycles. The lowest BCUT2D eigenvalue weighted by atomic mass is 9.96. The van der Waals surface area contributed by atoms with Crippen molar-refractivity contribution in [3.05, 3.63) is 126 Å². The number of nitrogen functional groups attached to an aromatic ring is 1. The average Bonchev–Trinajstić information content (AvgIpc) is 1.66. The van der Waals surface area contributed by atoms with Gasteiger partial charge in [0.25, 0.3) is 0 Å². The number of ketones is 1. The molecule has 1 aromatic heterocycles. The lowest BCUT2D eigenvalue weighted by molar-refractivity contribution is -0.156. The van der Waals surface area contributed by atoms with Crippen LogP contribution in [-0.4, -0.2) is 253 Å². The number of rotatable bonds is 41. The number of aliphatic carboxylic acids is 3. The van der Waals surface area contributed by atoms with Crippen LogP contribution in [0.3, 0.4) is 0 Å². The van der Waals surface area contributed by atoms with Crippen molar-refractivity contribution in [2.45, 2.75) is 223 Å². The van der Waals surface area contributed by atoms with Crippen molar-refractivity contribution >= 4 is 129 Å². The van der Waals surface area contributed by atoms with Crippen molar-refractivity contribution < 1.29 is 131 Å². The Balaban J connectivity index is 1.41. The summed E-state index contributed by atoms with van der Waals surface area (Å²) >= 11 is 0. The number of cyclic esters (lactones) is 1. The molecule has 4 aromatic carbocycles. The molecule has 44 heteroatoms. The van der Waals surface area contributed by atoms with E-state index in [9.17, 15) is 112 Å². The van der Waals surface area contributed by atoms with E-state index in [1.54, 1.807) is 42.6 Å². The van der Waals surface area contributed by atoms with Crippen LogP contribution < -0.4 is 90.6 Å². The number of nitrogens with one attached hydrogen (secondary N) is 15. The zero-order valence-electron chi connectivity index (χ0n) is 72.2. The number of esters is 1. The number of benzene rings is 4. The number of phenols is 1. The van der Waals surface area contributed by atoms with Gasteiger partial charge in [0.15, 0.2) is 5.78 Å². The quantitative estimate of drug-likeness (QED) is 0.00826. The molecule has 25 N–H and O–H groups in total. The lowest BCUT2D eigenvalue weighted by Gasteiger charge is -2.30. The first kappa shape index (κ1) is 105. The second-order valence-corrected chi connectivity index (χ2v) is 31.1. The number of carboxylic acids is 3. The number of carboxylic acid groups (broad SMARTS) is 3. The molecule has 0 spiro atoms. The van der Waals surface area contributed by atoms with Crippen LogP contribution in [-0.2, 0) is 111 Å². The third-order valence-corrected chi connectivity index (χ3v) is 20.7. The zero-order valence-corrected chi connectivity index (χ0v) is 72.2. The first-order valence-corrected chi connectivity index (χ1v) is 42.2. The zero-order chi connectivity index (χ0) is 95.7. The standard InChI is InChI=1S/C86H115N17O27/c1-5-6-7-8-9-10-14-27-68(109)95-59(34-51-41-90-56-25-18-16-22-53(51)56)81(123)99-60(37-67(88)108)82(124)97-58(30-32-104)79(121)103-75-48(4)130-86(128)63(36-66(107)54-23-15-17-24-55(54)87)101-85(127)74(46(2)33-71(112)113)102-83(125)64(44-105)96-70(111)42-91-77(119)61(38-72(114)115)98-76(118)47(3)93-80(122)62(39-73(116)117)100-78(120)57(94-69(110)43-92-84(75)126)26-19-31-89-40-50-28-29-52(35-65(50)106)129-45-49-20-12-11-13-21-49/h11-13,15-18,20-25,28-29,35,41,46-48,57-64,74-75,89-90,104-106H,5-10,14,19,26-27,30-34,36-40,42-45,87H2,1-4H3,(H2,88,108)(H,91,119)(H,92,126)(H,93,122)(H,94,110)(H,95,109)(H,96,111)(H,97,124)(H,98,118)(H,99,123)(H,100,120)(H,101,127)(H,102,125)(H,103,121)(H,112,113)(H,114,115)(H,116,117)/t46-,47-,48-,57+,58+,59+,60+,61+,62+,63+,64-,74+,75+/m1/s1. The van der Waals surface area contributed by atoms with Gasteiger partial charge >= 0.3 is 23.9 Å². The Hall–Kier alpha value is -14.2. The second kappa shape index (κ2) is 53.5. The highest BCUT2D eigenvalue weighted by Crippen LogP contribution is 2.26. The number of amides is 14. The molecule has 0 unspecified atom stereocenters. The van der Waals surface area contributed by atoms with Crippen LogP contribution in [0.15, 0.2) is 103 Å². The Morgan fingerprint density at radius 2 is 1.16 bits per heavy atom. The molecular formula is C86H115N17O27. The van der Waals surface area contributed by atoms with Gasteiger partial charge in [0.1, 0.15) is 90.7 Å². The maximum Gasteiger partial charge on any atom is 0.329 e. The largest absolute Gasteiger partial charge is 0.507 e. The van der Waals surface area contributed by atoms with E-state index < -0.39 is 262 Å². The number of fused-ring (bicyclic) bond motifs is 1. The van der Waals surface area contributed by atoms with Gasteiger partial charge in [-0.1, -0.05) is 119 Å². The number of aliphatic hydroxyl groups is 2. The number of Topliss-reactive ketones (excluding diaryl/α,β-unsaturated/α-hetero) is 1. The third-order valence-electron chi connectivity index (χ3n) is 20.7. The van der Waals surface area contributed by atoms with E-state index in [2.05, 4.69) is 75.7 Å². The first-order valence-electron chi connectivity index (χ1n) is 42.2. The molecule has 2 heterocycles. The van der Waals surface area contributed by atoms with E-state index in [4.69, 9.17) is 20.9 Å². The monoisotopic (exact) mass is 1820 g/mol. The van der Waals surface area contributed by atoms with Gasteiger partial charge in [-0.25, -0.2) is 4.79 Å². The number of carbonyl (C=O) groups excluding carboxylic acids is 16. The molecule has 0 bridgehead atoms. The Bertz CT molecular complexity index is 4820. The Kier molecular flexibility index (Phi) is 43.0. The highest BCUT2D eigenvalue weighted by atomic mass is 16.5. The minimum absolute atomic E-state index is 0.00405. The van der Waals surface area contributed by atoms with Gasteiger partial charge in [0, 0.05) is 72.4 Å². The average molecular weight is 1820 g/mol. The van der Waals surface area contributed by atoms with Crippen LogP contribution in [0, 0.1) is 5.92 Å². The summed E-state index contributed by atoms with van der Waals surface area (Å²) in [4.78, 5) is 268. The SMILES string of the molecule is CCCCCCCCCC(=O)N[C@@H](Cc1c[nH]c2ccccc12)C(=O)N[C@@H](CC(N)=O)C(=O)N[C@@H](CCO)C(=O)N[C@@H]1C(=O)NCC(=O)N[C@@H](CCCNCc2ccc(OCc3ccccc3)cc2O)C(=O)N[C@@H](CC(=O)O)C(=O)N[C@H](C)C(=O)N[C@@H](CC(=O)O)C(=O)NCC(=O)N[C@H](CO)C(=O)N[C@@H]([C@H](C)CC(=O)O)C(=O)N[C@@H](CC(=O)c2ccccc2N)C(=O)O[C@@H]1C. The first-order chi connectivity index (χ1) is 61.9. The molecule has 1 fully saturated rings. The number of aromatic hydroxyl groups is 1. The highest BCUT2D eigenvalue weighted by molar-refractivity contribution is 6.05. The number of aliphatic hydroxyl groups excluding tert-OH is 2. The maximum absolute atomic E-state index is 15.1. The maximum atomic E-state index is 15.1. The predicted octanol–water partition coefficient (Wildman–Crippen LogP) is -2.60. The topological polar surface area (TPSA) is 700 Å². The van der Waals surface area contributed by atoms with Crippen molar-refractivity contribution in [3.8, 4) is 11.5 Å². The van der Waals surface area contributed by atoms with E-state index in [1.165, 1.54) is 30.3 Å². The number of hydrogen-bond donors (Lipinski definition) is 23. The number of aromatic nitrogens is 1. The van der Waals surface area contributed by atoms with E-state index >= 15 is 9.59 Å².